The number of aliphatic hydroxyl groups is 2. The fourth-order valence-corrected chi connectivity index (χ4v) is 3.60. The molecule has 1 aliphatic rings. The summed E-state index contributed by atoms with van der Waals surface area (Å²) in [7, 11) is 0. The predicted octanol–water partition coefficient (Wildman–Crippen LogP) is 2.99. The van der Waals surface area contributed by atoms with Crippen LogP contribution in [0.15, 0.2) is 30.3 Å². The van der Waals surface area contributed by atoms with E-state index >= 15 is 0 Å². The van der Waals surface area contributed by atoms with Crippen molar-refractivity contribution in [1.82, 2.24) is 5.32 Å². The Balaban J connectivity index is 1.98. The molecule has 2 rings (SSSR count). The molecule has 1 fully saturated rings. The molecule has 3 N–H and O–H groups in total. The Kier molecular flexibility index (Phi) is 6.41. The lowest BCUT2D eigenvalue weighted by Crippen LogP contribution is -2.41. The van der Waals surface area contributed by atoms with E-state index in [9.17, 15) is 15.0 Å². The van der Waals surface area contributed by atoms with Crippen LogP contribution in [-0.2, 0) is 4.79 Å². The quantitative estimate of drug-likeness (QED) is 0.718. The number of amides is 1. The lowest BCUT2D eigenvalue weighted by molar-refractivity contribution is -0.127. The molecule has 4 heteroatoms. The second-order valence-electron chi connectivity index (χ2n) is 7.88. The molecule has 1 atom stereocenters. The van der Waals surface area contributed by atoms with Gasteiger partial charge >= 0.3 is 0 Å². The average molecular weight is 333 g/mol. The Labute approximate surface area is 145 Å². The van der Waals surface area contributed by atoms with Crippen molar-refractivity contribution in [3.63, 3.8) is 0 Å². The predicted molar refractivity (Wildman–Crippen MR) is 95.7 cm³/mol. The third-order valence-electron chi connectivity index (χ3n) is 5.33. The standard InChI is InChI=1S/C20H31NO3/c1-19(2,15-22)17(16-9-5-3-6-10-16)14-21-18(23)13-20(24)11-7-4-8-12-20/h3,5-6,9-10,17,22,24H,4,7-8,11-15H2,1-2H3,(H,21,23). The molecule has 24 heavy (non-hydrogen) atoms. The summed E-state index contributed by atoms with van der Waals surface area (Å²) in [6, 6.07) is 9.97. The van der Waals surface area contributed by atoms with Gasteiger partial charge in [0.25, 0.3) is 0 Å². The van der Waals surface area contributed by atoms with Gasteiger partial charge in [-0.2, -0.15) is 0 Å². The van der Waals surface area contributed by atoms with Crippen molar-refractivity contribution in [3.05, 3.63) is 35.9 Å². The van der Waals surface area contributed by atoms with Gasteiger partial charge in [0.2, 0.25) is 5.91 Å². The van der Waals surface area contributed by atoms with E-state index in [0.717, 1.165) is 24.8 Å². The first-order valence-corrected chi connectivity index (χ1v) is 9.01. The van der Waals surface area contributed by atoms with Gasteiger partial charge in [0, 0.05) is 19.1 Å². The minimum atomic E-state index is -0.836. The highest BCUT2D eigenvalue weighted by molar-refractivity contribution is 5.77. The van der Waals surface area contributed by atoms with Crippen molar-refractivity contribution in [2.75, 3.05) is 13.2 Å². The molecular weight excluding hydrogens is 302 g/mol. The molecular formula is C20H31NO3. The first-order chi connectivity index (χ1) is 11.4. The summed E-state index contributed by atoms with van der Waals surface area (Å²) >= 11 is 0. The fraction of sp³-hybridized carbons (Fsp3) is 0.650. The van der Waals surface area contributed by atoms with Crippen LogP contribution >= 0.6 is 0 Å². The van der Waals surface area contributed by atoms with Gasteiger partial charge in [-0.15, -0.1) is 0 Å². The lowest BCUT2D eigenvalue weighted by atomic mass is 9.75. The lowest BCUT2D eigenvalue weighted by Gasteiger charge is -2.34. The molecule has 0 aromatic heterocycles. The zero-order chi connectivity index (χ0) is 17.6. The Morgan fingerprint density at radius 3 is 2.42 bits per heavy atom. The van der Waals surface area contributed by atoms with Crippen LogP contribution in [0.2, 0.25) is 0 Å². The van der Waals surface area contributed by atoms with Crippen molar-refractivity contribution >= 4 is 5.91 Å². The molecule has 0 saturated heterocycles. The second-order valence-corrected chi connectivity index (χ2v) is 7.88. The highest BCUT2D eigenvalue weighted by Gasteiger charge is 2.33. The summed E-state index contributed by atoms with van der Waals surface area (Å²) in [6.07, 6.45) is 4.73. The van der Waals surface area contributed by atoms with Crippen molar-refractivity contribution in [2.45, 2.75) is 63.9 Å². The summed E-state index contributed by atoms with van der Waals surface area (Å²) in [6.45, 7) is 4.52. The second kappa shape index (κ2) is 8.13. The van der Waals surface area contributed by atoms with E-state index in [-0.39, 0.29) is 30.3 Å². The number of carbonyl (C=O) groups is 1. The van der Waals surface area contributed by atoms with E-state index in [1.807, 2.05) is 44.2 Å². The zero-order valence-corrected chi connectivity index (χ0v) is 14.9. The highest BCUT2D eigenvalue weighted by atomic mass is 16.3. The van der Waals surface area contributed by atoms with Crippen LogP contribution < -0.4 is 5.32 Å². The Morgan fingerprint density at radius 2 is 1.83 bits per heavy atom. The number of rotatable bonds is 7. The van der Waals surface area contributed by atoms with Crippen molar-refractivity contribution in [1.29, 1.82) is 0 Å². The maximum Gasteiger partial charge on any atom is 0.222 e. The normalized spacial score (nSPS) is 18.8. The molecule has 1 aromatic rings. The molecule has 4 nitrogen and oxygen atoms in total. The summed E-state index contributed by atoms with van der Waals surface area (Å²) in [5, 5.41) is 23.3. The van der Waals surface area contributed by atoms with Gasteiger partial charge in [-0.3, -0.25) is 4.79 Å². The van der Waals surface area contributed by atoms with Gasteiger partial charge in [-0.1, -0.05) is 63.4 Å². The topological polar surface area (TPSA) is 69.6 Å². The van der Waals surface area contributed by atoms with Gasteiger partial charge in [-0.25, -0.2) is 0 Å². The Hall–Kier alpha value is -1.39. The van der Waals surface area contributed by atoms with Crippen LogP contribution in [0.25, 0.3) is 0 Å². The van der Waals surface area contributed by atoms with E-state index < -0.39 is 5.60 Å². The molecule has 1 amide bonds. The number of hydrogen-bond acceptors (Lipinski definition) is 3. The van der Waals surface area contributed by atoms with Crippen molar-refractivity contribution in [3.8, 4) is 0 Å². The summed E-state index contributed by atoms with van der Waals surface area (Å²) < 4.78 is 0. The summed E-state index contributed by atoms with van der Waals surface area (Å²) in [5.41, 5.74) is -0.0683. The number of nitrogens with one attached hydrogen (secondary N) is 1. The molecule has 0 heterocycles. The van der Waals surface area contributed by atoms with Crippen LogP contribution in [0.3, 0.4) is 0 Å². The summed E-state index contributed by atoms with van der Waals surface area (Å²) in [5.74, 6) is -0.0808. The van der Waals surface area contributed by atoms with Gasteiger partial charge in [0.05, 0.1) is 12.0 Å². The maximum absolute atomic E-state index is 12.3. The minimum Gasteiger partial charge on any atom is -0.396 e. The highest BCUT2D eigenvalue weighted by Crippen LogP contribution is 2.35. The molecule has 1 aromatic carbocycles. The number of hydrogen-bond donors (Lipinski definition) is 3. The van der Waals surface area contributed by atoms with E-state index in [2.05, 4.69) is 5.32 Å². The van der Waals surface area contributed by atoms with Gasteiger partial charge in [0.15, 0.2) is 0 Å². The van der Waals surface area contributed by atoms with E-state index in [0.29, 0.717) is 19.4 Å². The molecule has 1 saturated carbocycles. The average Bonchev–Trinajstić information content (AvgIpc) is 2.56. The molecule has 0 spiro atoms. The fourth-order valence-electron chi connectivity index (χ4n) is 3.60. The molecule has 0 aliphatic heterocycles. The monoisotopic (exact) mass is 333 g/mol. The molecule has 0 bridgehead atoms. The number of benzene rings is 1. The smallest absolute Gasteiger partial charge is 0.222 e. The third kappa shape index (κ3) is 5.05. The first-order valence-electron chi connectivity index (χ1n) is 9.01. The number of carbonyl (C=O) groups excluding carboxylic acids is 1. The van der Waals surface area contributed by atoms with Gasteiger partial charge < -0.3 is 15.5 Å². The van der Waals surface area contributed by atoms with E-state index in [4.69, 9.17) is 0 Å². The van der Waals surface area contributed by atoms with Crippen LogP contribution in [0.5, 0.6) is 0 Å². The van der Waals surface area contributed by atoms with Crippen LogP contribution in [0.4, 0.5) is 0 Å². The third-order valence-corrected chi connectivity index (χ3v) is 5.33. The SMILES string of the molecule is CC(C)(CO)C(CNC(=O)CC1(O)CCCCC1)c1ccccc1. The largest absolute Gasteiger partial charge is 0.396 e. The Morgan fingerprint density at radius 1 is 1.21 bits per heavy atom. The van der Waals surface area contributed by atoms with E-state index in [1.165, 1.54) is 0 Å². The first kappa shape index (κ1) is 18.9. The zero-order valence-electron chi connectivity index (χ0n) is 14.9. The van der Waals surface area contributed by atoms with Crippen LogP contribution in [-0.4, -0.2) is 34.9 Å². The summed E-state index contributed by atoms with van der Waals surface area (Å²) in [4.78, 5) is 12.3. The molecule has 134 valence electrons. The van der Waals surface area contributed by atoms with Crippen LogP contribution in [0.1, 0.15) is 63.9 Å². The minimum absolute atomic E-state index is 0.0219. The molecule has 1 aliphatic carbocycles. The molecule has 0 radical (unpaired) electrons. The van der Waals surface area contributed by atoms with Crippen LogP contribution in [0, 0.1) is 5.41 Å². The van der Waals surface area contributed by atoms with Crippen molar-refractivity contribution < 1.29 is 15.0 Å². The number of aliphatic hydroxyl groups excluding tert-OH is 1. The van der Waals surface area contributed by atoms with E-state index in [1.54, 1.807) is 0 Å². The Bertz CT molecular complexity index is 521. The molecule has 1 unspecified atom stereocenters. The van der Waals surface area contributed by atoms with Crippen molar-refractivity contribution in [2.24, 2.45) is 5.41 Å². The maximum atomic E-state index is 12.3. The van der Waals surface area contributed by atoms with Gasteiger partial charge in [0.1, 0.15) is 0 Å². The van der Waals surface area contributed by atoms with Gasteiger partial charge in [-0.05, 0) is 23.8 Å².